The van der Waals surface area contributed by atoms with E-state index >= 15 is 0 Å². The molecular weight excluding hydrogens is 508 g/mol. The van der Waals surface area contributed by atoms with Crippen molar-refractivity contribution in [3.05, 3.63) is 35.5 Å². The lowest BCUT2D eigenvalue weighted by atomic mass is 9.51. The van der Waals surface area contributed by atoms with Crippen LogP contribution < -0.4 is 0 Å². The molecule has 2 N–H and O–H groups in total. The van der Waals surface area contributed by atoms with Gasteiger partial charge in [-0.1, -0.05) is 19.1 Å². The number of aliphatic hydroxyl groups is 2. The number of fused-ring (bicyclic) bond motifs is 2. The number of esters is 2. The van der Waals surface area contributed by atoms with E-state index in [9.17, 15) is 24.6 Å². The summed E-state index contributed by atoms with van der Waals surface area (Å²) in [7, 11) is 0. The minimum atomic E-state index is -1.51. The van der Waals surface area contributed by atoms with Crippen molar-refractivity contribution in [2.75, 3.05) is 26.4 Å². The van der Waals surface area contributed by atoms with Gasteiger partial charge in [0.25, 0.3) is 0 Å². The summed E-state index contributed by atoms with van der Waals surface area (Å²) in [4.78, 5) is 38.9. The first-order chi connectivity index (χ1) is 18.6. The lowest BCUT2D eigenvalue weighted by Crippen LogP contribution is -2.66. The van der Waals surface area contributed by atoms with Gasteiger partial charge in [0.1, 0.15) is 24.4 Å². The normalized spacial score (nSPS) is 45.5. The van der Waals surface area contributed by atoms with Gasteiger partial charge in [-0.3, -0.25) is 4.79 Å². The minimum Gasteiger partial charge on any atom is -0.462 e. The predicted octanol–water partition coefficient (Wildman–Crippen LogP) is 1.47. The summed E-state index contributed by atoms with van der Waals surface area (Å²) in [6, 6.07) is 0. The lowest BCUT2D eigenvalue weighted by Gasteiger charge is -2.58. The Bertz CT molecular complexity index is 1170. The largest absolute Gasteiger partial charge is 0.462 e. The van der Waals surface area contributed by atoms with Gasteiger partial charge in [0.2, 0.25) is 0 Å². The Morgan fingerprint density at radius 1 is 1.10 bits per heavy atom. The lowest BCUT2D eigenvalue weighted by molar-refractivity contribution is -0.232. The van der Waals surface area contributed by atoms with Crippen molar-refractivity contribution in [1.82, 2.24) is 0 Å². The molecule has 2 aliphatic carbocycles. The summed E-state index contributed by atoms with van der Waals surface area (Å²) in [5, 5.41) is 21.0. The molecule has 4 fully saturated rings. The van der Waals surface area contributed by atoms with Crippen molar-refractivity contribution in [2.24, 2.45) is 10.8 Å². The fourth-order valence-electron chi connectivity index (χ4n) is 7.93. The van der Waals surface area contributed by atoms with E-state index in [0.717, 1.165) is 5.57 Å². The smallest absolute Gasteiger partial charge is 0.330 e. The highest BCUT2D eigenvalue weighted by Gasteiger charge is 2.83. The Morgan fingerprint density at radius 2 is 1.90 bits per heavy atom. The summed E-state index contributed by atoms with van der Waals surface area (Å²) in [6.07, 6.45) is 5.79. The number of ketones is 1. The van der Waals surface area contributed by atoms with Gasteiger partial charge in [-0.15, -0.1) is 0 Å². The first kappa shape index (κ1) is 26.8. The number of epoxide rings is 1. The highest BCUT2D eigenvalue weighted by Crippen LogP contribution is 2.72. The van der Waals surface area contributed by atoms with Crippen LogP contribution in [0.3, 0.4) is 0 Å². The molecule has 0 aromatic heterocycles. The average Bonchev–Trinajstić information content (AvgIpc) is 3.69. The molecule has 2 spiro atoms. The third kappa shape index (κ3) is 3.75. The maximum Gasteiger partial charge on any atom is 0.330 e. The molecule has 10 heteroatoms. The Balaban J connectivity index is 1.42. The van der Waals surface area contributed by atoms with E-state index in [0.29, 0.717) is 31.4 Å². The number of carbonyl (C=O) groups is 3. The minimum absolute atomic E-state index is 0.0296. The van der Waals surface area contributed by atoms with Crippen molar-refractivity contribution >= 4 is 17.7 Å². The maximum absolute atomic E-state index is 13.2. The van der Waals surface area contributed by atoms with Crippen LogP contribution in [0, 0.1) is 10.8 Å². The number of allylic oxidation sites excluding steroid dienone is 1. The first-order valence-electron chi connectivity index (χ1n) is 13.8. The zero-order valence-electron chi connectivity index (χ0n) is 22.4. The number of ether oxygens (including phenoxy) is 5. The predicted molar refractivity (Wildman–Crippen MR) is 134 cm³/mol. The number of aliphatic hydroxyl groups excluding tert-OH is 2. The topological polar surface area (TPSA) is 141 Å². The van der Waals surface area contributed by atoms with E-state index in [4.69, 9.17) is 23.7 Å². The van der Waals surface area contributed by atoms with Crippen LogP contribution in [0.2, 0.25) is 0 Å². The maximum atomic E-state index is 13.2. The van der Waals surface area contributed by atoms with Crippen LogP contribution in [0.5, 0.6) is 0 Å². The van der Waals surface area contributed by atoms with Crippen LogP contribution in [0.15, 0.2) is 35.5 Å². The molecule has 39 heavy (non-hydrogen) atoms. The number of Topliss-reactive ketones (excluding diaryl/α,β-unsaturated/α-hetero) is 1. The molecule has 3 saturated heterocycles. The summed E-state index contributed by atoms with van der Waals surface area (Å²) in [6.45, 7) is 3.90. The third-order valence-corrected chi connectivity index (χ3v) is 10.4. The van der Waals surface area contributed by atoms with Crippen molar-refractivity contribution in [3.63, 3.8) is 0 Å². The third-order valence-electron chi connectivity index (χ3n) is 10.4. The number of rotatable bonds is 2. The molecule has 4 bridgehead atoms. The zero-order valence-corrected chi connectivity index (χ0v) is 22.4. The molecule has 6 aliphatic rings. The van der Waals surface area contributed by atoms with Crippen LogP contribution in [0.4, 0.5) is 0 Å². The summed E-state index contributed by atoms with van der Waals surface area (Å²) < 4.78 is 30.5. The van der Waals surface area contributed by atoms with Crippen molar-refractivity contribution in [1.29, 1.82) is 0 Å². The van der Waals surface area contributed by atoms with Gasteiger partial charge in [-0.05, 0) is 50.2 Å². The van der Waals surface area contributed by atoms with Gasteiger partial charge in [0.05, 0.1) is 37.4 Å². The van der Waals surface area contributed by atoms with Gasteiger partial charge < -0.3 is 33.9 Å². The van der Waals surface area contributed by atoms with Gasteiger partial charge in [-0.2, -0.15) is 0 Å². The van der Waals surface area contributed by atoms with Gasteiger partial charge in [0, 0.05) is 24.0 Å². The second kappa shape index (κ2) is 9.34. The van der Waals surface area contributed by atoms with Crippen molar-refractivity contribution < 1.29 is 48.3 Å². The van der Waals surface area contributed by atoms with Crippen LogP contribution in [-0.4, -0.2) is 90.0 Å². The molecule has 6 rings (SSSR count). The standard InChI is InChI=1S/C29H36O10/c1-17(31)28-8-4-3-5-23(32)39-20-13-22-29(16-37-29)26(20,2)27(9-6-18(14-30)11-21(27)38-22)15-35-24(33)12-19(25(28)34)7-10-36-28/h3,5,11-12,20-22,25,30,34H,4,6-10,13-16H2,1-2H3/t20-,21-,22-,25-,26+,27-,28-,29-/m1/s1. The van der Waals surface area contributed by atoms with Gasteiger partial charge >= 0.3 is 11.9 Å². The molecule has 0 amide bonds. The Hall–Kier alpha value is -2.37. The fraction of sp³-hybridized carbons (Fsp3) is 0.690. The zero-order chi connectivity index (χ0) is 27.6. The van der Waals surface area contributed by atoms with Gasteiger partial charge in [-0.25, -0.2) is 9.59 Å². The average molecular weight is 545 g/mol. The second-order valence-electron chi connectivity index (χ2n) is 11.9. The fourth-order valence-corrected chi connectivity index (χ4v) is 7.93. The van der Waals surface area contributed by atoms with Crippen molar-refractivity contribution in [3.8, 4) is 0 Å². The highest BCUT2D eigenvalue weighted by atomic mass is 16.6. The van der Waals surface area contributed by atoms with Crippen molar-refractivity contribution in [2.45, 2.75) is 88.0 Å². The van der Waals surface area contributed by atoms with E-state index in [-0.39, 0.29) is 51.0 Å². The number of hydrogen-bond acceptors (Lipinski definition) is 10. The van der Waals surface area contributed by atoms with E-state index in [1.54, 1.807) is 6.08 Å². The molecule has 4 heterocycles. The molecule has 0 unspecified atom stereocenters. The molecule has 4 aliphatic heterocycles. The van der Waals surface area contributed by atoms with Crippen LogP contribution in [0.1, 0.15) is 52.4 Å². The number of cyclic esters (lactones) is 1. The SMILES string of the molecule is CC(=O)[C@@]12CCC=CC(=O)O[C@@H]3C[C@H]4O[C@@H]5C=C(CO)CC[C@]5(COC(=O)C=C(CCO1)[C@H]2O)[C@@]3(C)[C@@]41CO1. The molecule has 8 atom stereocenters. The molecule has 1 saturated carbocycles. The number of carbonyl (C=O) groups excluding carboxylic acids is 3. The van der Waals surface area contributed by atoms with Gasteiger partial charge in [0.15, 0.2) is 11.4 Å². The summed E-state index contributed by atoms with van der Waals surface area (Å²) in [5.41, 5.74) is -2.45. The number of hydrogen-bond donors (Lipinski definition) is 2. The second-order valence-corrected chi connectivity index (χ2v) is 11.9. The Kier molecular flexibility index (Phi) is 6.43. The summed E-state index contributed by atoms with van der Waals surface area (Å²) >= 11 is 0. The molecule has 0 aromatic rings. The molecule has 0 radical (unpaired) electrons. The summed E-state index contributed by atoms with van der Waals surface area (Å²) in [5.74, 6) is -1.51. The molecule has 10 nitrogen and oxygen atoms in total. The molecule has 212 valence electrons. The van der Waals surface area contributed by atoms with Crippen LogP contribution >= 0.6 is 0 Å². The Labute approximate surface area is 226 Å². The first-order valence-corrected chi connectivity index (χ1v) is 13.8. The molecule has 0 aromatic carbocycles. The highest BCUT2D eigenvalue weighted by molar-refractivity contribution is 5.88. The Morgan fingerprint density at radius 3 is 2.62 bits per heavy atom. The molecular formula is C29H36O10. The van der Waals surface area contributed by atoms with E-state index in [1.807, 2.05) is 13.0 Å². The quantitative estimate of drug-likeness (QED) is 0.298. The monoisotopic (exact) mass is 544 g/mol. The van der Waals surface area contributed by atoms with E-state index in [1.165, 1.54) is 19.1 Å². The van der Waals surface area contributed by atoms with E-state index < -0.39 is 52.3 Å². The van der Waals surface area contributed by atoms with Crippen LogP contribution in [-0.2, 0) is 38.1 Å². The van der Waals surface area contributed by atoms with Crippen LogP contribution in [0.25, 0.3) is 0 Å². The van der Waals surface area contributed by atoms with E-state index in [2.05, 4.69) is 0 Å².